The fraction of sp³-hybridized carbons (Fsp3) is 0.731. The highest BCUT2D eigenvalue weighted by Crippen LogP contribution is 2.19. The maximum absolute atomic E-state index is 9.16. The van der Waals surface area contributed by atoms with Crippen molar-refractivity contribution in [2.24, 2.45) is 0 Å². The first-order valence-electron chi connectivity index (χ1n) is 12.4. The number of hydrogen-bond acceptors (Lipinski definition) is 2. The maximum atomic E-state index is 9.16. The summed E-state index contributed by atoms with van der Waals surface area (Å²) >= 11 is 0. The molecule has 0 saturated carbocycles. The minimum atomic E-state index is 0.238. The van der Waals surface area contributed by atoms with Crippen molar-refractivity contribution in [1.29, 1.82) is 0 Å². The smallest absolute Gasteiger partial charge is 0.109 e. The quantitative estimate of drug-likeness (QED) is 0.264. The van der Waals surface area contributed by atoms with Gasteiger partial charge in [0.25, 0.3) is 0 Å². The Balaban J connectivity index is 1.53. The Kier molecular flexibility index (Phi) is 12.8. The van der Waals surface area contributed by atoms with Gasteiger partial charge in [0.1, 0.15) is 5.82 Å². The number of aryl methyl sites for hydroxylation is 2. The predicted molar refractivity (Wildman–Crippen MR) is 125 cm³/mol. The summed E-state index contributed by atoms with van der Waals surface area (Å²) in [5.74, 6) is 1.13. The zero-order valence-corrected chi connectivity index (χ0v) is 18.9. The first-order chi connectivity index (χ1) is 14.4. The molecule has 29 heavy (non-hydrogen) atoms. The molecule has 0 aliphatic carbocycles. The molecule has 0 amide bonds. The number of aliphatic hydroxyl groups is 1. The van der Waals surface area contributed by atoms with Gasteiger partial charge in [0.05, 0.1) is 11.0 Å². The van der Waals surface area contributed by atoms with Gasteiger partial charge in [-0.25, -0.2) is 4.98 Å². The molecule has 3 nitrogen and oxygen atoms in total. The topological polar surface area (TPSA) is 38.0 Å². The first-order valence-corrected chi connectivity index (χ1v) is 12.4. The van der Waals surface area contributed by atoms with Crippen LogP contribution in [0.1, 0.15) is 109 Å². The number of aromatic nitrogens is 2. The third kappa shape index (κ3) is 9.33. The molecule has 164 valence electrons. The molecule has 3 heteroatoms. The Morgan fingerprint density at radius 1 is 0.724 bits per heavy atom. The van der Waals surface area contributed by atoms with Crippen molar-refractivity contribution in [2.75, 3.05) is 6.61 Å². The van der Waals surface area contributed by atoms with Gasteiger partial charge in [-0.3, -0.25) is 0 Å². The van der Waals surface area contributed by atoms with Gasteiger partial charge in [0.15, 0.2) is 0 Å². The van der Waals surface area contributed by atoms with E-state index in [-0.39, 0.29) is 6.61 Å². The standard InChI is InChI=1S/C26H44N2O/c1-2-3-4-5-6-7-8-9-10-11-12-13-14-17-22-28-25-20-16-15-19-24(25)27-26(28)21-18-23-29/h15-16,19-20,29H,2-14,17-18,21-23H2,1H3. The van der Waals surface area contributed by atoms with Gasteiger partial charge in [0, 0.05) is 19.6 Å². The van der Waals surface area contributed by atoms with Crippen molar-refractivity contribution < 1.29 is 5.11 Å². The second-order valence-electron chi connectivity index (χ2n) is 8.59. The third-order valence-electron chi connectivity index (χ3n) is 6.03. The van der Waals surface area contributed by atoms with Crippen LogP contribution in [-0.4, -0.2) is 21.3 Å². The molecule has 0 aliphatic heterocycles. The van der Waals surface area contributed by atoms with Crippen LogP contribution in [0.5, 0.6) is 0 Å². The molecule has 1 heterocycles. The highest BCUT2D eigenvalue weighted by molar-refractivity contribution is 5.75. The molecule has 0 aliphatic rings. The Hall–Kier alpha value is -1.35. The summed E-state index contributed by atoms with van der Waals surface area (Å²) in [6.45, 7) is 3.58. The highest BCUT2D eigenvalue weighted by atomic mass is 16.2. The van der Waals surface area contributed by atoms with Crippen LogP contribution in [0.15, 0.2) is 24.3 Å². The largest absolute Gasteiger partial charge is 0.396 e. The van der Waals surface area contributed by atoms with Crippen LogP contribution in [0.2, 0.25) is 0 Å². The molecule has 0 saturated heterocycles. The summed E-state index contributed by atoms with van der Waals surface area (Å²) in [6, 6.07) is 8.43. The SMILES string of the molecule is CCCCCCCCCCCCCCCCn1c(CCCO)nc2ccccc21. The highest BCUT2D eigenvalue weighted by Gasteiger charge is 2.09. The number of nitrogens with zero attached hydrogens (tertiary/aromatic N) is 2. The number of hydrogen-bond donors (Lipinski definition) is 1. The average Bonchev–Trinajstić information content (AvgIpc) is 3.10. The summed E-state index contributed by atoms with van der Waals surface area (Å²) in [6.07, 6.45) is 21.2. The molecular formula is C26H44N2O. The lowest BCUT2D eigenvalue weighted by Crippen LogP contribution is -2.05. The third-order valence-corrected chi connectivity index (χ3v) is 6.03. The van der Waals surface area contributed by atoms with Gasteiger partial charge in [-0.05, 0) is 25.0 Å². The zero-order valence-electron chi connectivity index (χ0n) is 18.9. The van der Waals surface area contributed by atoms with Crippen molar-refractivity contribution in [2.45, 2.75) is 116 Å². The Morgan fingerprint density at radius 3 is 1.86 bits per heavy atom. The van der Waals surface area contributed by atoms with E-state index in [0.717, 1.165) is 30.7 Å². The summed E-state index contributed by atoms with van der Waals surface area (Å²) in [7, 11) is 0. The van der Waals surface area contributed by atoms with E-state index < -0.39 is 0 Å². The average molecular weight is 401 g/mol. The van der Waals surface area contributed by atoms with Crippen LogP contribution in [0.3, 0.4) is 0 Å². The molecule has 0 atom stereocenters. The Labute approximate surface area is 178 Å². The molecule has 1 aromatic carbocycles. The van der Waals surface area contributed by atoms with E-state index in [9.17, 15) is 0 Å². The van der Waals surface area contributed by atoms with E-state index in [1.165, 1.54) is 95.4 Å². The van der Waals surface area contributed by atoms with Gasteiger partial charge in [-0.2, -0.15) is 0 Å². The number of imidazole rings is 1. The number of unbranched alkanes of at least 4 members (excludes halogenated alkanes) is 13. The number of para-hydroxylation sites is 2. The molecular weight excluding hydrogens is 356 g/mol. The second kappa shape index (κ2) is 15.5. The summed E-state index contributed by atoms with van der Waals surface area (Å²) < 4.78 is 2.38. The van der Waals surface area contributed by atoms with E-state index in [0.29, 0.717) is 0 Å². The molecule has 0 fully saturated rings. The molecule has 0 unspecified atom stereocenters. The number of aliphatic hydroxyl groups excluding tert-OH is 1. The van der Waals surface area contributed by atoms with Crippen molar-refractivity contribution >= 4 is 11.0 Å². The van der Waals surface area contributed by atoms with Gasteiger partial charge < -0.3 is 9.67 Å². The maximum Gasteiger partial charge on any atom is 0.109 e. The number of benzene rings is 1. The lowest BCUT2D eigenvalue weighted by atomic mass is 10.0. The number of rotatable bonds is 18. The molecule has 1 aromatic heterocycles. The van der Waals surface area contributed by atoms with E-state index in [1.54, 1.807) is 0 Å². The second-order valence-corrected chi connectivity index (χ2v) is 8.59. The van der Waals surface area contributed by atoms with Crippen molar-refractivity contribution in [3.63, 3.8) is 0 Å². The molecule has 0 spiro atoms. The van der Waals surface area contributed by atoms with Gasteiger partial charge in [-0.1, -0.05) is 103 Å². The van der Waals surface area contributed by atoms with Crippen LogP contribution in [0.25, 0.3) is 11.0 Å². The summed E-state index contributed by atoms with van der Waals surface area (Å²) in [5, 5.41) is 9.16. The molecule has 0 radical (unpaired) electrons. The van der Waals surface area contributed by atoms with Crippen LogP contribution in [-0.2, 0) is 13.0 Å². The van der Waals surface area contributed by atoms with Crippen LogP contribution < -0.4 is 0 Å². The van der Waals surface area contributed by atoms with Gasteiger partial charge in [-0.15, -0.1) is 0 Å². The normalized spacial score (nSPS) is 11.5. The van der Waals surface area contributed by atoms with E-state index in [2.05, 4.69) is 35.8 Å². The van der Waals surface area contributed by atoms with Gasteiger partial charge in [0.2, 0.25) is 0 Å². The minimum Gasteiger partial charge on any atom is -0.396 e. The predicted octanol–water partition coefficient (Wildman–Crippen LogP) is 7.44. The Morgan fingerprint density at radius 2 is 1.28 bits per heavy atom. The molecule has 1 N–H and O–H groups in total. The van der Waals surface area contributed by atoms with Crippen LogP contribution >= 0.6 is 0 Å². The van der Waals surface area contributed by atoms with Crippen LogP contribution in [0.4, 0.5) is 0 Å². The van der Waals surface area contributed by atoms with Crippen LogP contribution in [0, 0.1) is 0 Å². The summed E-state index contributed by atoms with van der Waals surface area (Å²) in [5.41, 5.74) is 2.33. The monoisotopic (exact) mass is 400 g/mol. The molecule has 2 aromatic rings. The molecule has 0 bridgehead atoms. The fourth-order valence-corrected chi connectivity index (χ4v) is 4.27. The summed E-state index contributed by atoms with van der Waals surface area (Å²) in [4.78, 5) is 4.79. The van der Waals surface area contributed by atoms with E-state index >= 15 is 0 Å². The van der Waals surface area contributed by atoms with Crippen molar-refractivity contribution in [1.82, 2.24) is 9.55 Å². The molecule has 2 rings (SSSR count). The lowest BCUT2D eigenvalue weighted by molar-refractivity contribution is 0.287. The Bertz CT molecular complexity index is 649. The fourth-order valence-electron chi connectivity index (χ4n) is 4.27. The van der Waals surface area contributed by atoms with Crippen molar-refractivity contribution in [3.05, 3.63) is 30.1 Å². The van der Waals surface area contributed by atoms with Crippen molar-refractivity contribution in [3.8, 4) is 0 Å². The van der Waals surface area contributed by atoms with E-state index in [1.807, 2.05) is 0 Å². The number of fused-ring (bicyclic) bond motifs is 1. The lowest BCUT2D eigenvalue weighted by Gasteiger charge is -2.09. The first kappa shape index (κ1) is 23.9. The van der Waals surface area contributed by atoms with Gasteiger partial charge >= 0.3 is 0 Å². The van der Waals surface area contributed by atoms with E-state index in [4.69, 9.17) is 10.1 Å². The minimum absolute atomic E-state index is 0.238. The zero-order chi connectivity index (χ0) is 20.6.